The van der Waals surface area contributed by atoms with Crippen molar-refractivity contribution in [1.29, 1.82) is 0 Å². The highest BCUT2D eigenvalue weighted by Crippen LogP contribution is 2.41. The Morgan fingerprint density at radius 3 is 2.09 bits per heavy atom. The van der Waals surface area contributed by atoms with Gasteiger partial charge in [0.2, 0.25) is 21.6 Å². The molecule has 2 aromatic carbocycles. The van der Waals surface area contributed by atoms with E-state index >= 15 is 0 Å². The van der Waals surface area contributed by atoms with E-state index in [9.17, 15) is 8.42 Å². The van der Waals surface area contributed by atoms with Gasteiger partial charge in [0.15, 0.2) is 11.5 Å². The molecule has 1 fully saturated rings. The highest BCUT2D eigenvalue weighted by atomic mass is 32.2. The summed E-state index contributed by atoms with van der Waals surface area (Å²) < 4.78 is 53.7. The second-order valence-electron chi connectivity index (χ2n) is 6.88. The van der Waals surface area contributed by atoms with Gasteiger partial charge in [-0.05, 0) is 36.4 Å². The largest absolute Gasteiger partial charge is 0.493 e. The first-order valence-electron chi connectivity index (χ1n) is 9.80. The topological polar surface area (TPSA) is 113 Å². The number of benzene rings is 2. The van der Waals surface area contributed by atoms with Crippen LogP contribution in [-0.4, -0.2) is 70.5 Å². The maximum absolute atomic E-state index is 12.8. The lowest BCUT2D eigenvalue weighted by molar-refractivity contribution is 0.0730. The third kappa shape index (κ3) is 4.14. The smallest absolute Gasteiger partial charge is 0.258 e. The average Bonchev–Trinajstić information content (AvgIpc) is 3.34. The molecule has 0 spiro atoms. The van der Waals surface area contributed by atoms with Gasteiger partial charge in [-0.25, -0.2) is 8.42 Å². The molecule has 1 aromatic heterocycles. The van der Waals surface area contributed by atoms with Crippen molar-refractivity contribution in [1.82, 2.24) is 14.4 Å². The molecule has 0 amide bonds. The molecule has 170 valence electrons. The third-order valence-electron chi connectivity index (χ3n) is 5.06. The summed E-state index contributed by atoms with van der Waals surface area (Å²) in [5, 5.41) is 4.02. The van der Waals surface area contributed by atoms with Crippen LogP contribution in [0.5, 0.6) is 17.2 Å². The Bertz CT molecular complexity index is 1160. The molecule has 10 nitrogen and oxygen atoms in total. The number of ether oxygens (including phenoxy) is 4. The van der Waals surface area contributed by atoms with Gasteiger partial charge in [0.25, 0.3) is 5.89 Å². The van der Waals surface area contributed by atoms with Crippen LogP contribution in [0.4, 0.5) is 0 Å². The minimum Gasteiger partial charge on any atom is -0.493 e. The molecule has 32 heavy (non-hydrogen) atoms. The molecule has 0 unspecified atom stereocenters. The minimum atomic E-state index is -3.57. The average molecular weight is 461 g/mol. The lowest BCUT2D eigenvalue weighted by Crippen LogP contribution is -2.40. The maximum Gasteiger partial charge on any atom is 0.258 e. The van der Waals surface area contributed by atoms with Crippen LogP contribution < -0.4 is 14.2 Å². The van der Waals surface area contributed by atoms with Gasteiger partial charge >= 0.3 is 0 Å². The Hall–Kier alpha value is -3.15. The zero-order valence-corrected chi connectivity index (χ0v) is 18.7. The molecule has 11 heteroatoms. The van der Waals surface area contributed by atoms with Crippen LogP contribution in [0.25, 0.3) is 22.8 Å². The van der Waals surface area contributed by atoms with E-state index in [1.165, 1.54) is 37.8 Å². The molecule has 3 aromatic rings. The van der Waals surface area contributed by atoms with Gasteiger partial charge in [-0.2, -0.15) is 9.29 Å². The van der Waals surface area contributed by atoms with Gasteiger partial charge in [-0.1, -0.05) is 5.16 Å². The number of rotatable bonds is 7. The molecule has 0 saturated carbocycles. The summed E-state index contributed by atoms with van der Waals surface area (Å²) in [5.41, 5.74) is 1.21. The first kappa shape index (κ1) is 22.1. The molecule has 4 rings (SSSR count). The number of aromatic nitrogens is 2. The molecule has 1 aliphatic heterocycles. The van der Waals surface area contributed by atoms with Crippen LogP contribution in [0.3, 0.4) is 0 Å². The fourth-order valence-corrected chi connectivity index (χ4v) is 4.78. The van der Waals surface area contributed by atoms with Gasteiger partial charge in [0, 0.05) is 24.2 Å². The summed E-state index contributed by atoms with van der Waals surface area (Å²) in [5.74, 6) is 1.95. The van der Waals surface area contributed by atoms with Crippen molar-refractivity contribution < 1.29 is 31.9 Å². The van der Waals surface area contributed by atoms with E-state index in [0.29, 0.717) is 60.5 Å². The summed E-state index contributed by atoms with van der Waals surface area (Å²) in [6.45, 7) is 1.47. The monoisotopic (exact) mass is 461 g/mol. The Kier molecular flexibility index (Phi) is 6.31. The van der Waals surface area contributed by atoms with Crippen LogP contribution in [0.15, 0.2) is 45.8 Å². The molecule has 0 aliphatic carbocycles. The van der Waals surface area contributed by atoms with Gasteiger partial charge in [-0.15, -0.1) is 0 Å². The second-order valence-corrected chi connectivity index (χ2v) is 8.82. The van der Waals surface area contributed by atoms with E-state index in [1.807, 2.05) is 0 Å². The number of nitrogens with zero attached hydrogens (tertiary/aromatic N) is 3. The number of sulfonamides is 1. The SMILES string of the molecule is COc1cc(-c2nc(-c3ccc(S(=O)(=O)N4CCOCC4)cc3)no2)cc(OC)c1OC. The molecule has 1 aliphatic rings. The van der Waals surface area contributed by atoms with E-state index < -0.39 is 10.0 Å². The summed E-state index contributed by atoms with van der Waals surface area (Å²) >= 11 is 0. The number of hydrogen-bond donors (Lipinski definition) is 0. The van der Waals surface area contributed by atoms with E-state index in [0.717, 1.165) is 0 Å². The van der Waals surface area contributed by atoms with Crippen molar-refractivity contribution in [3.05, 3.63) is 36.4 Å². The quantitative estimate of drug-likeness (QED) is 0.523. The molecular formula is C21H23N3O7S. The molecule has 0 N–H and O–H groups in total. The third-order valence-corrected chi connectivity index (χ3v) is 6.97. The van der Waals surface area contributed by atoms with Crippen molar-refractivity contribution in [3.8, 4) is 40.1 Å². The summed E-state index contributed by atoms with van der Waals surface area (Å²) in [7, 11) is 0.992. The fraction of sp³-hybridized carbons (Fsp3) is 0.333. The first-order chi connectivity index (χ1) is 15.5. The number of hydrogen-bond acceptors (Lipinski definition) is 9. The van der Waals surface area contributed by atoms with Crippen LogP contribution in [0.1, 0.15) is 0 Å². The van der Waals surface area contributed by atoms with Crippen LogP contribution in [0, 0.1) is 0 Å². The van der Waals surface area contributed by atoms with Crippen LogP contribution in [0.2, 0.25) is 0 Å². The fourth-order valence-electron chi connectivity index (χ4n) is 3.37. The minimum absolute atomic E-state index is 0.205. The van der Waals surface area contributed by atoms with Crippen molar-refractivity contribution in [2.75, 3.05) is 47.6 Å². The van der Waals surface area contributed by atoms with E-state index in [-0.39, 0.29) is 10.8 Å². The van der Waals surface area contributed by atoms with E-state index in [2.05, 4.69) is 10.1 Å². The molecule has 0 bridgehead atoms. The highest BCUT2D eigenvalue weighted by Gasteiger charge is 2.26. The van der Waals surface area contributed by atoms with Crippen molar-refractivity contribution >= 4 is 10.0 Å². The van der Waals surface area contributed by atoms with Gasteiger partial charge in [0.1, 0.15) is 0 Å². The Morgan fingerprint density at radius 2 is 1.53 bits per heavy atom. The van der Waals surface area contributed by atoms with E-state index in [1.54, 1.807) is 24.3 Å². The molecule has 0 atom stereocenters. The van der Waals surface area contributed by atoms with E-state index in [4.69, 9.17) is 23.5 Å². The first-order valence-corrected chi connectivity index (χ1v) is 11.2. The summed E-state index contributed by atoms with van der Waals surface area (Å²) in [4.78, 5) is 4.64. The van der Waals surface area contributed by atoms with Crippen LogP contribution >= 0.6 is 0 Å². The molecule has 2 heterocycles. The second kappa shape index (κ2) is 9.15. The zero-order chi connectivity index (χ0) is 22.7. The highest BCUT2D eigenvalue weighted by molar-refractivity contribution is 7.89. The van der Waals surface area contributed by atoms with Crippen molar-refractivity contribution in [2.45, 2.75) is 4.90 Å². The van der Waals surface area contributed by atoms with Gasteiger partial charge in [0.05, 0.1) is 39.4 Å². The Labute approximate surface area is 185 Å². The predicted molar refractivity (Wildman–Crippen MR) is 114 cm³/mol. The number of morpholine rings is 1. The molecular weight excluding hydrogens is 438 g/mol. The lowest BCUT2D eigenvalue weighted by atomic mass is 10.1. The number of methoxy groups -OCH3 is 3. The molecule has 1 saturated heterocycles. The maximum atomic E-state index is 12.8. The van der Waals surface area contributed by atoms with Gasteiger partial charge < -0.3 is 23.5 Å². The van der Waals surface area contributed by atoms with Crippen molar-refractivity contribution in [3.63, 3.8) is 0 Å². The summed E-state index contributed by atoms with van der Waals surface area (Å²) in [6, 6.07) is 9.78. The van der Waals surface area contributed by atoms with Crippen LogP contribution in [-0.2, 0) is 14.8 Å². The normalized spacial score (nSPS) is 14.8. The zero-order valence-electron chi connectivity index (χ0n) is 17.9. The Balaban J connectivity index is 1.60. The standard InChI is InChI=1S/C21H23N3O7S/c1-27-17-12-15(13-18(28-2)19(17)29-3)21-22-20(23-31-21)14-4-6-16(7-5-14)32(25,26)24-8-10-30-11-9-24/h4-7,12-13H,8-11H2,1-3H3. The predicted octanol–water partition coefficient (Wildman–Crippen LogP) is 2.45. The Morgan fingerprint density at radius 1 is 0.906 bits per heavy atom. The van der Waals surface area contributed by atoms with Gasteiger partial charge in [-0.3, -0.25) is 0 Å². The molecule has 0 radical (unpaired) electrons. The lowest BCUT2D eigenvalue weighted by Gasteiger charge is -2.26. The summed E-state index contributed by atoms with van der Waals surface area (Å²) in [6.07, 6.45) is 0. The van der Waals surface area contributed by atoms with Crippen molar-refractivity contribution in [2.24, 2.45) is 0 Å².